The fourth-order valence-corrected chi connectivity index (χ4v) is 7.65. The molecule has 5 atom stereocenters. The minimum atomic E-state index is -1.11. The number of carbonyl (C=O) groups excluding carboxylic acids is 3. The van der Waals surface area contributed by atoms with Crippen LogP contribution < -0.4 is 10.6 Å². The number of amides is 3. The quantitative estimate of drug-likeness (QED) is 0.184. The van der Waals surface area contributed by atoms with Crippen molar-refractivity contribution >= 4 is 17.7 Å². The zero-order chi connectivity index (χ0) is 35.5. The normalized spacial score (nSPS) is 19.2. The van der Waals surface area contributed by atoms with Crippen LogP contribution in [0.2, 0.25) is 0 Å². The molecule has 3 aliphatic rings. The van der Waals surface area contributed by atoms with Crippen molar-refractivity contribution in [1.82, 2.24) is 20.5 Å². The summed E-state index contributed by atoms with van der Waals surface area (Å²) < 4.78 is 0. The topological polar surface area (TPSA) is 132 Å². The van der Waals surface area contributed by atoms with Crippen molar-refractivity contribution in [3.05, 3.63) is 65.0 Å². The Morgan fingerprint density at radius 1 is 0.960 bits per heavy atom. The Morgan fingerprint density at radius 3 is 2.38 bits per heavy atom. The first-order valence-corrected chi connectivity index (χ1v) is 18.9. The first-order valence-electron chi connectivity index (χ1n) is 18.9. The van der Waals surface area contributed by atoms with Gasteiger partial charge in [0, 0.05) is 44.7 Å². The molecule has 0 saturated heterocycles. The van der Waals surface area contributed by atoms with Crippen molar-refractivity contribution in [3.63, 3.8) is 0 Å². The molecule has 1 aromatic heterocycles. The number of benzene rings is 1. The van der Waals surface area contributed by atoms with Gasteiger partial charge in [-0.2, -0.15) is 0 Å². The molecule has 2 saturated carbocycles. The Labute approximate surface area is 298 Å². The number of aliphatic hydroxyl groups excluding tert-OH is 2. The van der Waals surface area contributed by atoms with E-state index in [9.17, 15) is 24.6 Å². The van der Waals surface area contributed by atoms with Crippen molar-refractivity contribution in [3.8, 4) is 12.3 Å². The minimum absolute atomic E-state index is 0.0319. The molecule has 0 unspecified atom stereocenters. The van der Waals surface area contributed by atoms with E-state index in [2.05, 4.69) is 27.6 Å². The van der Waals surface area contributed by atoms with Gasteiger partial charge in [0.1, 0.15) is 12.1 Å². The van der Waals surface area contributed by atoms with Crippen molar-refractivity contribution in [1.29, 1.82) is 0 Å². The number of aryl methyl sites for hydroxylation is 2. The molecule has 2 aromatic rings. The number of nitrogens with zero attached hydrogens (tertiary/aromatic N) is 2. The highest BCUT2D eigenvalue weighted by Gasteiger charge is 2.40. The van der Waals surface area contributed by atoms with E-state index < -0.39 is 42.0 Å². The van der Waals surface area contributed by atoms with Gasteiger partial charge in [-0.25, -0.2) is 0 Å². The van der Waals surface area contributed by atoms with E-state index in [1.165, 1.54) is 30.4 Å². The van der Waals surface area contributed by atoms with Crippen LogP contribution in [0.15, 0.2) is 42.6 Å². The summed E-state index contributed by atoms with van der Waals surface area (Å²) in [5.41, 5.74) is 4.55. The number of pyridine rings is 1. The van der Waals surface area contributed by atoms with Gasteiger partial charge in [0.15, 0.2) is 0 Å². The van der Waals surface area contributed by atoms with Crippen molar-refractivity contribution in [2.45, 2.75) is 127 Å². The van der Waals surface area contributed by atoms with Gasteiger partial charge < -0.3 is 25.7 Å². The van der Waals surface area contributed by atoms with Crippen LogP contribution in [0.1, 0.15) is 99.4 Å². The summed E-state index contributed by atoms with van der Waals surface area (Å²) in [5.74, 6) is 1.09. The van der Waals surface area contributed by atoms with Crippen LogP contribution in [0.4, 0.5) is 0 Å². The highest BCUT2D eigenvalue weighted by molar-refractivity contribution is 5.91. The summed E-state index contributed by atoms with van der Waals surface area (Å²) in [4.78, 5) is 47.5. The SMILES string of the molecule is C#CC[C@H](NC(=O)[C@@H](CC(=O)N(C)CCc1cc2c(cn1)CCCC2)Cc1ccccc1)C(=O)N[C@@H](CC1CCCCC1)[C@@H](O)[C@@H](O)C1CC1. The van der Waals surface area contributed by atoms with Gasteiger partial charge in [-0.05, 0) is 86.0 Å². The lowest BCUT2D eigenvalue weighted by Gasteiger charge is -2.33. The fraction of sp³-hybridized carbons (Fsp3) is 0.610. The van der Waals surface area contributed by atoms with Crippen LogP contribution in [-0.4, -0.2) is 75.7 Å². The second-order valence-electron chi connectivity index (χ2n) is 15.0. The molecule has 1 aromatic carbocycles. The summed E-state index contributed by atoms with van der Waals surface area (Å²) in [6, 6.07) is 10.00. The molecule has 5 rings (SSSR count). The molecule has 270 valence electrons. The maximum Gasteiger partial charge on any atom is 0.243 e. The number of aliphatic hydroxyl groups is 2. The highest BCUT2D eigenvalue weighted by Crippen LogP contribution is 2.36. The Bertz CT molecular complexity index is 1470. The van der Waals surface area contributed by atoms with Crippen molar-refractivity contribution in [2.75, 3.05) is 13.6 Å². The molecule has 50 heavy (non-hydrogen) atoms. The van der Waals surface area contributed by atoms with E-state index in [4.69, 9.17) is 6.42 Å². The van der Waals surface area contributed by atoms with Gasteiger partial charge in [0.25, 0.3) is 0 Å². The maximum atomic E-state index is 13.9. The predicted octanol–water partition coefficient (Wildman–Crippen LogP) is 4.31. The predicted molar refractivity (Wildman–Crippen MR) is 194 cm³/mol. The van der Waals surface area contributed by atoms with E-state index in [0.717, 1.165) is 62.6 Å². The van der Waals surface area contributed by atoms with Gasteiger partial charge in [-0.15, -0.1) is 12.3 Å². The molecule has 0 bridgehead atoms. The third-order valence-corrected chi connectivity index (χ3v) is 11.0. The van der Waals surface area contributed by atoms with E-state index in [1.807, 2.05) is 36.5 Å². The molecule has 0 aliphatic heterocycles. The van der Waals surface area contributed by atoms with Crippen LogP contribution in [0.25, 0.3) is 0 Å². The lowest BCUT2D eigenvalue weighted by Crippen LogP contribution is -2.56. The molecule has 0 spiro atoms. The molecule has 4 N–H and O–H groups in total. The number of hydrogen-bond donors (Lipinski definition) is 4. The Balaban J connectivity index is 1.24. The number of terminal acetylenes is 1. The number of rotatable bonds is 17. The Kier molecular flexibility index (Phi) is 13.9. The average Bonchev–Trinajstić information content (AvgIpc) is 3.99. The van der Waals surface area contributed by atoms with Gasteiger partial charge in [-0.3, -0.25) is 19.4 Å². The van der Waals surface area contributed by atoms with Crippen LogP contribution in [0.3, 0.4) is 0 Å². The monoisotopic (exact) mass is 684 g/mol. The van der Waals surface area contributed by atoms with E-state index in [0.29, 0.717) is 31.7 Å². The number of nitrogens with one attached hydrogen (secondary N) is 2. The molecule has 9 heteroatoms. The average molecular weight is 685 g/mol. The molecule has 3 amide bonds. The fourth-order valence-electron chi connectivity index (χ4n) is 7.65. The third kappa shape index (κ3) is 10.9. The Hall–Kier alpha value is -3.74. The van der Waals surface area contributed by atoms with Gasteiger partial charge in [0.05, 0.1) is 18.1 Å². The zero-order valence-electron chi connectivity index (χ0n) is 29.7. The van der Waals surface area contributed by atoms with Gasteiger partial charge in [0.2, 0.25) is 17.7 Å². The standard InChI is InChI=1S/C41H56N4O5/c1-3-12-35(41(50)44-36(24-29-15-8-5-9-16-29)39(48)38(47)30-19-20-30)43-40(49)33(23-28-13-6-4-7-14-28)26-37(46)45(2)22-21-34-25-31-17-10-11-18-32(31)27-42-34/h1,4,6-7,13-14,25,27,29-30,33,35-36,38-39,47-48H,5,8-12,15-24,26H2,2H3,(H,43,49)(H,44,50)/t33-,35+,36+,38+,39-/m1/s1. The van der Waals surface area contributed by atoms with Crippen LogP contribution >= 0.6 is 0 Å². The van der Waals surface area contributed by atoms with Gasteiger partial charge >= 0.3 is 0 Å². The van der Waals surface area contributed by atoms with E-state index in [1.54, 1.807) is 11.9 Å². The smallest absolute Gasteiger partial charge is 0.243 e. The number of carbonyl (C=O) groups is 3. The second-order valence-corrected chi connectivity index (χ2v) is 15.0. The highest BCUT2D eigenvalue weighted by atomic mass is 16.3. The number of likely N-dealkylation sites (N-methyl/N-ethyl adjacent to an activating group) is 1. The van der Waals surface area contributed by atoms with Crippen molar-refractivity contribution < 1.29 is 24.6 Å². The number of fused-ring (bicyclic) bond motifs is 1. The zero-order valence-corrected chi connectivity index (χ0v) is 29.7. The third-order valence-electron chi connectivity index (χ3n) is 11.0. The molecule has 3 aliphatic carbocycles. The minimum Gasteiger partial charge on any atom is -0.390 e. The molecule has 9 nitrogen and oxygen atoms in total. The lowest BCUT2D eigenvalue weighted by molar-refractivity contribution is -0.136. The summed E-state index contributed by atoms with van der Waals surface area (Å²) in [6.45, 7) is 0.476. The van der Waals surface area contributed by atoms with Gasteiger partial charge in [-0.1, -0.05) is 62.4 Å². The number of hydrogen-bond acceptors (Lipinski definition) is 6. The van der Waals surface area contributed by atoms with Crippen LogP contribution in [0, 0.1) is 30.1 Å². The summed E-state index contributed by atoms with van der Waals surface area (Å²) >= 11 is 0. The maximum absolute atomic E-state index is 13.9. The first kappa shape index (κ1) is 37.5. The van der Waals surface area contributed by atoms with Crippen LogP contribution in [0.5, 0.6) is 0 Å². The molecule has 1 heterocycles. The number of aromatic nitrogens is 1. The summed E-state index contributed by atoms with van der Waals surface area (Å²) in [5, 5.41) is 27.8. The molecule has 2 fully saturated rings. The second kappa shape index (κ2) is 18.5. The molecular formula is C41H56N4O5. The summed E-state index contributed by atoms with van der Waals surface area (Å²) in [6.07, 6.45) is 18.8. The largest absolute Gasteiger partial charge is 0.390 e. The molecular weight excluding hydrogens is 628 g/mol. The van der Waals surface area contributed by atoms with E-state index in [-0.39, 0.29) is 24.7 Å². The van der Waals surface area contributed by atoms with E-state index >= 15 is 0 Å². The first-order chi connectivity index (χ1) is 24.2. The Morgan fingerprint density at radius 2 is 1.68 bits per heavy atom. The van der Waals surface area contributed by atoms with Crippen LogP contribution in [-0.2, 0) is 40.1 Å². The lowest BCUT2D eigenvalue weighted by atomic mass is 9.82. The molecule has 0 radical (unpaired) electrons. The van der Waals surface area contributed by atoms with Crippen molar-refractivity contribution in [2.24, 2.45) is 17.8 Å². The summed E-state index contributed by atoms with van der Waals surface area (Å²) in [7, 11) is 1.75.